The van der Waals surface area contributed by atoms with Gasteiger partial charge in [0.1, 0.15) is 35.4 Å². The molecule has 2 aliphatic heterocycles. The fraction of sp³-hybridized carbons (Fsp3) is 0.415. The molecule has 9 rings (SSSR count). The second-order valence-corrected chi connectivity index (χ2v) is 18.6. The third kappa shape index (κ3) is 7.63. The molecule has 0 bridgehead atoms. The van der Waals surface area contributed by atoms with E-state index in [-0.39, 0.29) is 64.8 Å². The molecule has 1 saturated heterocycles. The molecule has 21 heteroatoms. The minimum atomic E-state index is -3.83. The topological polar surface area (TPSA) is 139 Å². The Labute approximate surface area is 356 Å². The van der Waals surface area contributed by atoms with E-state index in [4.69, 9.17) is 21.3 Å². The monoisotopic (exact) mass is 903 g/mol. The van der Waals surface area contributed by atoms with Gasteiger partial charge in [0.05, 0.1) is 58.4 Å². The summed E-state index contributed by atoms with van der Waals surface area (Å²) in [6, 6.07) is 10.5. The van der Waals surface area contributed by atoms with Gasteiger partial charge in [-0.25, -0.2) is 31.0 Å². The van der Waals surface area contributed by atoms with Crippen LogP contribution in [0.5, 0.6) is 0 Å². The van der Waals surface area contributed by atoms with Crippen molar-refractivity contribution in [2.75, 3.05) is 33.9 Å². The number of benzene rings is 3. The Hall–Kier alpha value is -5.34. The number of carbonyl (C=O) groups excluding carboxylic acids is 1. The zero-order chi connectivity index (χ0) is 44.2. The lowest BCUT2D eigenvalue weighted by atomic mass is 10.00. The van der Waals surface area contributed by atoms with E-state index in [2.05, 4.69) is 25.1 Å². The first-order valence-electron chi connectivity index (χ1n) is 19.8. The van der Waals surface area contributed by atoms with Crippen LogP contribution < -0.4 is 19.8 Å². The van der Waals surface area contributed by atoms with E-state index >= 15 is 8.78 Å². The minimum Gasteiger partial charge on any atom is -0.372 e. The number of sulfonamides is 1. The van der Waals surface area contributed by atoms with Gasteiger partial charge in [-0.1, -0.05) is 17.7 Å². The number of amidine groups is 1. The number of aryl methyl sites for hydroxylation is 1. The van der Waals surface area contributed by atoms with E-state index in [0.717, 1.165) is 29.6 Å². The summed E-state index contributed by atoms with van der Waals surface area (Å²) in [5.41, 5.74) is 1.12. The second-order valence-electron chi connectivity index (χ2n) is 16.4. The SMILES string of the molecule is C[C@@H]1CN(c2ccc3c(c2)N=C(C(Cc2cc(F)cc(F)c2)NC(=O)Cn2nc(C(F)F)c4c2C(F)(F)[C@@H]2C[C@H]42)N(c2ccc(Cl)c4c(NS(C)(=O)=O)nn(C)c24)C3)C[C@H](C)O1. The van der Waals surface area contributed by atoms with E-state index in [1.165, 1.54) is 10.7 Å². The molecular formula is C41H40ClF6N9O4S. The Morgan fingerprint density at radius 2 is 1.74 bits per heavy atom. The van der Waals surface area contributed by atoms with Crippen molar-refractivity contribution in [3.8, 4) is 0 Å². The van der Waals surface area contributed by atoms with Crippen LogP contribution in [-0.4, -0.2) is 77.3 Å². The first-order chi connectivity index (χ1) is 29.2. The molecule has 2 aliphatic carbocycles. The van der Waals surface area contributed by atoms with Crippen molar-refractivity contribution in [3.05, 3.63) is 93.3 Å². The number of aliphatic imine (C=N–C) groups is 1. The predicted octanol–water partition coefficient (Wildman–Crippen LogP) is 7.31. The van der Waals surface area contributed by atoms with Gasteiger partial charge >= 0.3 is 0 Å². The molecule has 2 N–H and O–H groups in total. The lowest BCUT2D eigenvalue weighted by Crippen LogP contribution is -2.51. The summed E-state index contributed by atoms with van der Waals surface area (Å²) >= 11 is 6.70. The van der Waals surface area contributed by atoms with Crippen LogP contribution in [-0.2, 0) is 52.0 Å². The third-order valence-corrected chi connectivity index (χ3v) is 12.5. The van der Waals surface area contributed by atoms with Crippen molar-refractivity contribution in [1.29, 1.82) is 0 Å². The summed E-state index contributed by atoms with van der Waals surface area (Å²) < 4.78 is 124. The molecule has 2 aromatic heterocycles. The van der Waals surface area contributed by atoms with Gasteiger partial charge in [0, 0.05) is 49.8 Å². The van der Waals surface area contributed by atoms with Gasteiger partial charge in [-0.3, -0.25) is 18.9 Å². The first kappa shape index (κ1) is 42.0. The molecule has 1 unspecified atom stereocenters. The van der Waals surface area contributed by atoms with E-state index < -0.39 is 75.7 Å². The highest BCUT2D eigenvalue weighted by atomic mass is 35.5. The number of halogens is 7. The van der Waals surface area contributed by atoms with Gasteiger partial charge in [-0.05, 0) is 73.7 Å². The second kappa shape index (κ2) is 15.2. The molecule has 3 aromatic carbocycles. The van der Waals surface area contributed by atoms with Crippen LogP contribution in [0.25, 0.3) is 10.9 Å². The quantitative estimate of drug-likeness (QED) is 0.132. The fourth-order valence-electron chi connectivity index (χ4n) is 9.23. The number of carbonyl (C=O) groups is 1. The molecule has 5 atom stereocenters. The Morgan fingerprint density at radius 3 is 2.42 bits per heavy atom. The highest BCUT2D eigenvalue weighted by molar-refractivity contribution is 7.92. The van der Waals surface area contributed by atoms with Crippen LogP contribution in [0, 0.1) is 17.6 Å². The van der Waals surface area contributed by atoms with Crippen molar-refractivity contribution in [1.82, 2.24) is 24.9 Å². The third-order valence-electron chi connectivity index (χ3n) is 11.7. The van der Waals surface area contributed by atoms with E-state index in [0.29, 0.717) is 40.7 Å². The number of alkyl halides is 4. The first-order valence-corrected chi connectivity index (χ1v) is 22.1. The average Bonchev–Trinajstić information content (AvgIpc) is 3.71. The van der Waals surface area contributed by atoms with Crippen LogP contribution >= 0.6 is 11.6 Å². The standard InChI is InChI=1S/C41H40ClF6N9O4S/c1-19-15-55(16-20(2)61-19)25-6-5-22-17-56(31-8-7-28(42)34-36(31)54(3)52-39(34)53-62(4,59)60)40(50-29(22)13-25)30(11-21-9-23(43)12-24(44)10-21)49-32(58)18-57-37-33(35(51-57)38(45)46)26-14-27(26)41(37,47)48/h5-10,12-13,19-20,26-27,30,38H,11,14-18H2,1-4H3,(H,49,58)(H,52,53)/t19-,20+,26-,27+,30?/m0/s1. The highest BCUT2D eigenvalue weighted by Crippen LogP contribution is 2.68. The van der Waals surface area contributed by atoms with Crippen LogP contribution in [0.3, 0.4) is 0 Å². The van der Waals surface area contributed by atoms with Crippen molar-refractivity contribution in [3.63, 3.8) is 0 Å². The Morgan fingerprint density at radius 1 is 1.03 bits per heavy atom. The van der Waals surface area contributed by atoms with Gasteiger partial charge < -0.3 is 19.9 Å². The number of amides is 1. The van der Waals surface area contributed by atoms with Gasteiger partial charge in [0.2, 0.25) is 15.9 Å². The maximum absolute atomic E-state index is 15.5. The Balaban J connectivity index is 1.18. The zero-order valence-electron chi connectivity index (χ0n) is 33.6. The lowest BCUT2D eigenvalue weighted by molar-refractivity contribution is -0.122. The Bertz CT molecular complexity index is 2770. The number of anilines is 3. The number of hydrogen-bond acceptors (Lipinski definition) is 9. The number of fused-ring (bicyclic) bond motifs is 5. The highest BCUT2D eigenvalue weighted by Gasteiger charge is 2.67. The van der Waals surface area contributed by atoms with Crippen molar-refractivity contribution < 1.29 is 44.3 Å². The van der Waals surface area contributed by atoms with Gasteiger partial charge in [0.15, 0.2) is 5.82 Å². The number of aromatic nitrogens is 4. The maximum Gasteiger partial charge on any atom is 0.293 e. The molecule has 0 radical (unpaired) electrons. The summed E-state index contributed by atoms with van der Waals surface area (Å²) in [7, 11) is -2.25. The normalized spacial score (nSPS) is 22.0. The molecule has 4 heterocycles. The largest absolute Gasteiger partial charge is 0.372 e. The molecular weight excluding hydrogens is 864 g/mol. The number of rotatable bonds is 11. The summed E-state index contributed by atoms with van der Waals surface area (Å²) in [5, 5.41) is 11.4. The lowest BCUT2D eigenvalue weighted by Gasteiger charge is -2.38. The van der Waals surface area contributed by atoms with Crippen molar-refractivity contribution in [2.24, 2.45) is 18.0 Å². The van der Waals surface area contributed by atoms with E-state index in [1.807, 2.05) is 32.0 Å². The van der Waals surface area contributed by atoms with Gasteiger partial charge in [0.25, 0.3) is 12.3 Å². The predicted molar refractivity (Wildman–Crippen MR) is 220 cm³/mol. The van der Waals surface area contributed by atoms with Crippen molar-refractivity contribution >= 4 is 67.1 Å². The molecule has 0 spiro atoms. The fourth-order valence-corrected chi connectivity index (χ4v) is 9.97. The number of hydrogen-bond donors (Lipinski definition) is 2. The molecule has 5 aromatic rings. The van der Waals surface area contributed by atoms with Gasteiger partial charge in [-0.15, -0.1) is 0 Å². The number of ether oxygens (including phenoxy) is 1. The zero-order valence-corrected chi connectivity index (χ0v) is 35.2. The molecule has 2 fully saturated rings. The maximum atomic E-state index is 15.5. The molecule has 328 valence electrons. The number of morpholine rings is 1. The van der Waals surface area contributed by atoms with Gasteiger partial charge in [-0.2, -0.15) is 19.0 Å². The molecule has 4 aliphatic rings. The minimum absolute atomic E-state index is 0.0345. The summed E-state index contributed by atoms with van der Waals surface area (Å²) in [5.74, 6) is -8.09. The number of nitrogens with zero attached hydrogens (tertiary/aromatic N) is 7. The molecule has 13 nitrogen and oxygen atoms in total. The molecule has 62 heavy (non-hydrogen) atoms. The Kier molecular flexibility index (Phi) is 10.3. The summed E-state index contributed by atoms with van der Waals surface area (Å²) in [6.07, 6.45) is -2.58. The van der Waals surface area contributed by atoms with E-state index in [9.17, 15) is 30.8 Å². The summed E-state index contributed by atoms with van der Waals surface area (Å²) in [6.45, 7) is 4.32. The number of nitrogens with one attached hydrogen (secondary N) is 2. The van der Waals surface area contributed by atoms with Crippen molar-refractivity contribution in [2.45, 2.75) is 76.3 Å². The average molecular weight is 904 g/mol. The van der Waals surface area contributed by atoms with Crippen LogP contribution in [0.2, 0.25) is 5.02 Å². The van der Waals surface area contributed by atoms with E-state index in [1.54, 1.807) is 18.0 Å². The smallest absolute Gasteiger partial charge is 0.293 e. The molecule has 1 amide bonds. The summed E-state index contributed by atoms with van der Waals surface area (Å²) in [4.78, 5) is 23.2. The van der Waals surface area contributed by atoms with Crippen LogP contribution in [0.15, 0.2) is 53.5 Å². The molecule has 1 saturated carbocycles. The van der Waals surface area contributed by atoms with Crippen LogP contribution in [0.4, 0.5) is 49.2 Å². The van der Waals surface area contributed by atoms with Crippen LogP contribution in [0.1, 0.15) is 60.7 Å².